The number of rotatable bonds is 7. The molecular formula is C16H16Cl2O4S2. The van der Waals surface area contributed by atoms with E-state index in [1.807, 2.05) is 12.1 Å². The van der Waals surface area contributed by atoms with Crippen molar-refractivity contribution in [3.05, 3.63) is 63.6 Å². The zero-order valence-electron chi connectivity index (χ0n) is 13.0. The van der Waals surface area contributed by atoms with Crippen molar-refractivity contribution in [2.45, 2.75) is 19.6 Å². The Morgan fingerprint density at radius 2 is 1.83 bits per heavy atom. The fraction of sp³-hybridized carbons (Fsp3) is 0.250. The summed E-state index contributed by atoms with van der Waals surface area (Å²) in [5.74, 6) is 0.548. The van der Waals surface area contributed by atoms with E-state index in [-0.39, 0.29) is 6.61 Å². The average molecular weight is 407 g/mol. The van der Waals surface area contributed by atoms with E-state index in [0.29, 0.717) is 32.2 Å². The van der Waals surface area contributed by atoms with E-state index in [1.165, 1.54) is 6.26 Å². The van der Waals surface area contributed by atoms with Gasteiger partial charge in [-0.05, 0) is 47.7 Å². The smallest absolute Gasteiger partial charge is 0.322 e. The normalized spacial score (nSPS) is 12.8. The minimum Gasteiger partial charge on any atom is -0.489 e. The largest absolute Gasteiger partial charge is 0.489 e. The van der Waals surface area contributed by atoms with Gasteiger partial charge in [0, 0.05) is 5.56 Å². The first-order valence-electron chi connectivity index (χ1n) is 6.97. The van der Waals surface area contributed by atoms with Crippen LogP contribution in [0.5, 0.6) is 5.75 Å². The lowest BCUT2D eigenvalue weighted by atomic mass is 10.1. The molecule has 0 aliphatic heterocycles. The van der Waals surface area contributed by atoms with Gasteiger partial charge in [-0.2, -0.15) is 8.42 Å². The molecule has 0 fully saturated rings. The van der Waals surface area contributed by atoms with Gasteiger partial charge in [-0.3, -0.25) is 4.18 Å². The van der Waals surface area contributed by atoms with E-state index < -0.39 is 15.3 Å². The summed E-state index contributed by atoms with van der Waals surface area (Å²) >= 11 is 11.9. The lowest BCUT2D eigenvalue weighted by Gasteiger charge is -2.17. The Labute approximate surface area is 155 Å². The van der Waals surface area contributed by atoms with Crippen LogP contribution >= 0.6 is 34.0 Å². The van der Waals surface area contributed by atoms with E-state index >= 15 is 0 Å². The lowest BCUT2D eigenvalue weighted by molar-refractivity contribution is 0.228. The Kier molecular flexibility index (Phi) is 6.83. The van der Waals surface area contributed by atoms with Crippen LogP contribution in [0.4, 0.5) is 0 Å². The van der Waals surface area contributed by atoms with E-state index in [4.69, 9.17) is 32.1 Å². The van der Waals surface area contributed by atoms with Gasteiger partial charge in [0.05, 0.1) is 10.0 Å². The van der Waals surface area contributed by atoms with Gasteiger partial charge in [0.2, 0.25) is 0 Å². The minimum absolute atomic E-state index is 0.274. The summed E-state index contributed by atoms with van der Waals surface area (Å²) in [5.41, 5.74) is 1.50. The molecular weight excluding hydrogens is 391 g/mol. The van der Waals surface area contributed by atoms with Crippen molar-refractivity contribution < 1.29 is 17.3 Å². The molecule has 0 amide bonds. The van der Waals surface area contributed by atoms with Gasteiger partial charge in [0.15, 0.2) is 0 Å². The Morgan fingerprint density at radius 1 is 1.12 bits per heavy atom. The lowest BCUT2D eigenvalue weighted by Crippen LogP contribution is -2.08. The summed E-state index contributed by atoms with van der Waals surface area (Å²) in [6.45, 7) is 1.94. The van der Waals surface area contributed by atoms with Crippen molar-refractivity contribution in [1.82, 2.24) is 0 Å². The van der Waals surface area contributed by atoms with Crippen LogP contribution in [0, 0.1) is 0 Å². The van der Waals surface area contributed by atoms with Crippen molar-refractivity contribution in [2.75, 3.05) is 6.26 Å². The Balaban J connectivity index is 2.15. The van der Waals surface area contributed by atoms with Crippen LogP contribution in [0.2, 0.25) is 10.0 Å². The van der Waals surface area contributed by atoms with Crippen molar-refractivity contribution in [2.24, 2.45) is 0 Å². The monoisotopic (exact) mass is 406 g/mol. The third kappa shape index (κ3) is 5.29. The first-order chi connectivity index (χ1) is 11.3. The number of benzene rings is 2. The van der Waals surface area contributed by atoms with Crippen LogP contribution in [-0.2, 0) is 19.9 Å². The molecule has 0 bridgehead atoms. The highest BCUT2D eigenvalue weighted by Gasteiger charge is 2.19. The molecule has 0 aromatic heterocycles. The Morgan fingerprint density at radius 3 is 2.50 bits per heavy atom. The molecule has 1 atom stereocenters. The second kappa shape index (κ2) is 8.45. The van der Waals surface area contributed by atoms with E-state index in [1.54, 1.807) is 37.3 Å². The van der Waals surface area contributed by atoms with Crippen molar-refractivity contribution in [1.29, 1.82) is 0 Å². The van der Waals surface area contributed by atoms with Crippen molar-refractivity contribution in [3.63, 3.8) is 0 Å². The van der Waals surface area contributed by atoms with Gasteiger partial charge in [-0.15, -0.1) is 0 Å². The van der Waals surface area contributed by atoms with E-state index in [0.717, 1.165) is 5.56 Å². The van der Waals surface area contributed by atoms with E-state index in [2.05, 4.69) is 0 Å². The third-order valence-electron chi connectivity index (χ3n) is 3.20. The molecule has 0 aliphatic carbocycles. The second-order valence-corrected chi connectivity index (χ2v) is 9.27. The van der Waals surface area contributed by atoms with Gasteiger partial charge in [-0.1, -0.05) is 47.5 Å². The molecule has 2 rings (SSSR count). The summed E-state index contributed by atoms with van der Waals surface area (Å²) in [6.07, 6.45) is 0.793. The first-order valence-corrected chi connectivity index (χ1v) is 10.9. The molecule has 0 spiro atoms. The fourth-order valence-electron chi connectivity index (χ4n) is 2.01. The molecule has 0 N–H and O–H groups in total. The maximum Gasteiger partial charge on any atom is 0.322 e. The van der Waals surface area contributed by atoms with Gasteiger partial charge < -0.3 is 4.74 Å². The molecule has 0 heterocycles. The molecule has 0 unspecified atom stereocenters. The molecule has 0 saturated heterocycles. The predicted octanol–water partition coefficient (Wildman–Crippen LogP) is 5.26. The summed E-state index contributed by atoms with van der Waals surface area (Å²) in [5, 5.41) is 0.930. The summed E-state index contributed by atoms with van der Waals surface area (Å²) in [7, 11) is -2.98. The van der Waals surface area contributed by atoms with Crippen LogP contribution in [0.15, 0.2) is 42.5 Å². The van der Waals surface area contributed by atoms with Crippen LogP contribution in [0.25, 0.3) is 0 Å². The third-order valence-corrected chi connectivity index (χ3v) is 6.33. The molecule has 4 nitrogen and oxygen atoms in total. The highest BCUT2D eigenvalue weighted by atomic mass is 35.5. The van der Waals surface area contributed by atoms with Crippen LogP contribution in [0.1, 0.15) is 24.2 Å². The molecule has 0 aliphatic rings. The summed E-state index contributed by atoms with van der Waals surface area (Å²) < 4.78 is 34.2. The number of ether oxygens (including phenoxy) is 1. The Hall–Kier alpha value is -0.920. The minimum atomic E-state index is -3.63. The van der Waals surface area contributed by atoms with Crippen LogP contribution < -0.4 is 4.74 Å². The van der Waals surface area contributed by atoms with Gasteiger partial charge >= 0.3 is 9.15 Å². The SMILES string of the molecule is CSS(=O)(=O)O[C@@H](C)c1ccccc1OCc1ccc(Cl)c(Cl)c1. The molecule has 130 valence electrons. The highest BCUT2D eigenvalue weighted by molar-refractivity contribution is 8.70. The Bertz CT molecular complexity index is 809. The molecule has 2 aromatic carbocycles. The van der Waals surface area contributed by atoms with Crippen molar-refractivity contribution >= 4 is 43.1 Å². The topological polar surface area (TPSA) is 52.6 Å². The molecule has 8 heteroatoms. The maximum absolute atomic E-state index is 11.6. The molecule has 0 radical (unpaired) electrons. The van der Waals surface area contributed by atoms with Gasteiger partial charge in [0.25, 0.3) is 0 Å². The van der Waals surface area contributed by atoms with Crippen molar-refractivity contribution in [3.8, 4) is 5.75 Å². The summed E-state index contributed by atoms with van der Waals surface area (Å²) in [6, 6.07) is 12.4. The molecule has 2 aromatic rings. The predicted molar refractivity (Wildman–Crippen MR) is 99.2 cm³/mol. The fourth-order valence-corrected chi connectivity index (χ4v) is 3.45. The van der Waals surface area contributed by atoms with E-state index in [9.17, 15) is 8.42 Å². The number of para-hydroxylation sites is 1. The molecule has 24 heavy (non-hydrogen) atoms. The zero-order valence-corrected chi connectivity index (χ0v) is 16.2. The first kappa shape index (κ1) is 19.4. The van der Waals surface area contributed by atoms with Crippen LogP contribution in [0.3, 0.4) is 0 Å². The quantitative estimate of drug-likeness (QED) is 0.587. The number of hydrogen-bond donors (Lipinski definition) is 0. The van der Waals surface area contributed by atoms with Gasteiger partial charge in [-0.25, -0.2) is 0 Å². The summed E-state index contributed by atoms with van der Waals surface area (Å²) in [4.78, 5) is 0. The van der Waals surface area contributed by atoms with Crippen LogP contribution in [-0.4, -0.2) is 14.7 Å². The average Bonchev–Trinajstić information content (AvgIpc) is 2.56. The second-order valence-electron chi connectivity index (χ2n) is 4.89. The maximum atomic E-state index is 11.6. The standard InChI is InChI=1S/C16H16Cl2O4S2/c1-11(22-24(19,20)23-2)13-5-3-4-6-16(13)21-10-12-7-8-14(17)15(18)9-12/h3-9,11H,10H2,1-2H3/t11-/m0/s1. The zero-order chi connectivity index (χ0) is 17.7. The number of halogens is 2. The highest BCUT2D eigenvalue weighted by Crippen LogP contribution is 2.31. The number of hydrogen-bond acceptors (Lipinski definition) is 5. The van der Waals surface area contributed by atoms with Gasteiger partial charge in [0.1, 0.15) is 18.5 Å². The molecule has 0 saturated carbocycles.